The van der Waals surface area contributed by atoms with Gasteiger partial charge in [0.2, 0.25) is 4.77 Å². The van der Waals surface area contributed by atoms with Gasteiger partial charge in [0.25, 0.3) is 21.0 Å². The zero-order valence-electron chi connectivity index (χ0n) is 10.8. The maximum absolute atomic E-state index is 11.3. The second kappa shape index (κ2) is 4.69. The Hall–Kier alpha value is -2.17. The van der Waals surface area contributed by atoms with Gasteiger partial charge in [-0.05, 0) is 31.3 Å². The van der Waals surface area contributed by atoms with Crippen LogP contribution in [-0.4, -0.2) is 32.6 Å². The van der Waals surface area contributed by atoms with E-state index in [1.807, 2.05) is 30.3 Å². The van der Waals surface area contributed by atoms with Crippen LogP contribution in [0.4, 0.5) is 0 Å². The molecule has 21 heavy (non-hydrogen) atoms. The van der Waals surface area contributed by atoms with E-state index in [1.165, 1.54) is 4.52 Å². The Balaban J connectivity index is 2.37. The summed E-state index contributed by atoms with van der Waals surface area (Å²) in [6, 6.07) is 9.31. The van der Waals surface area contributed by atoms with Crippen molar-refractivity contribution in [3.8, 4) is 5.69 Å². The van der Waals surface area contributed by atoms with E-state index in [9.17, 15) is 8.42 Å². The van der Waals surface area contributed by atoms with Crippen LogP contribution in [0.1, 0.15) is 5.82 Å². The standard InChI is InChI=1S/C11H10N6O2S2/c1-7-13-9-14-10(21(12,18)19)15-17(9)11(20)16(7)8-5-3-2-4-6-8/h2-6H,1H3,(H2,12,18,19). The molecule has 0 aliphatic carbocycles. The van der Waals surface area contributed by atoms with Gasteiger partial charge >= 0.3 is 0 Å². The monoisotopic (exact) mass is 322 g/mol. The van der Waals surface area contributed by atoms with E-state index in [0.29, 0.717) is 5.82 Å². The number of hydrogen-bond donors (Lipinski definition) is 1. The van der Waals surface area contributed by atoms with Gasteiger partial charge in [-0.2, -0.15) is 14.5 Å². The third kappa shape index (κ3) is 2.33. The first kappa shape index (κ1) is 13.8. The highest BCUT2D eigenvalue weighted by atomic mass is 32.2. The van der Waals surface area contributed by atoms with Gasteiger partial charge in [-0.15, -0.1) is 5.10 Å². The molecule has 2 aromatic heterocycles. The number of nitrogens with zero attached hydrogens (tertiary/aromatic N) is 5. The molecule has 0 unspecified atom stereocenters. The molecule has 8 nitrogen and oxygen atoms in total. The van der Waals surface area contributed by atoms with Gasteiger partial charge in [0, 0.05) is 5.69 Å². The number of sulfonamides is 1. The van der Waals surface area contributed by atoms with Crippen molar-refractivity contribution in [1.29, 1.82) is 0 Å². The molecule has 0 bridgehead atoms. The molecule has 0 saturated heterocycles. The summed E-state index contributed by atoms with van der Waals surface area (Å²) in [4.78, 5) is 8.00. The van der Waals surface area contributed by atoms with Crippen LogP contribution in [0.25, 0.3) is 11.5 Å². The molecule has 0 atom stereocenters. The Morgan fingerprint density at radius 3 is 2.48 bits per heavy atom. The lowest BCUT2D eigenvalue weighted by atomic mass is 10.3. The highest BCUT2D eigenvalue weighted by Crippen LogP contribution is 2.13. The lowest BCUT2D eigenvalue weighted by Crippen LogP contribution is -2.14. The van der Waals surface area contributed by atoms with Gasteiger partial charge in [-0.3, -0.25) is 4.57 Å². The second-order valence-electron chi connectivity index (χ2n) is 4.26. The van der Waals surface area contributed by atoms with Gasteiger partial charge < -0.3 is 0 Å². The van der Waals surface area contributed by atoms with Crippen LogP contribution in [0.3, 0.4) is 0 Å². The molecule has 3 aromatic rings. The maximum Gasteiger partial charge on any atom is 0.284 e. The fraction of sp³-hybridized carbons (Fsp3) is 0.0909. The van der Waals surface area contributed by atoms with Crippen LogP contribution < -0.4 is 5.14 Å². The highest BCUT2D eigenvalue weighted by Gasteiger charge is 2.18. The highest BCUT2D eigenvalue weighted by molar-refractivity contribution is 7.89. The molecule has 2 heterocycles. The normalized spacial score (nSPS) is 11.9. The molecule has 108 valence electrons. The first-order valence-corrected chi connectivity index (χ1v) is 7.78. The summed E-state index contributed by atoms with van der Waals surface area (Å²) >= 11 is 5.35. The second-order valence-corrected chi connectivity index (χ2v) is 6.08. The predicted octanol–water partition coefficient (Wildman–Crippen LogP) is 0.600. The third-order valence-electron chi connectivity index (χ3n) is 2.80. The van der Waals surface area contributed by atoms with E-state index in [4.69, 9.17) is 17.4 Å². The molecule has 1 aromatic carbocycles. The quantitative estimate of drug-likeness (QED) is 0.692. The van der Waals surface area contributed by atoms with Crippen molar-refractivity contribution in [2.45, 2.75) is 12.1 Å². The van der Waals surface area contributed by atoms with Crippen molar-refractivity contribution < 1.29 is 8.42 Å². The third-order valence-corrected chi connectivity index (χ3v) is 3.83. The number of hydrogen-bond acceptors (Lipinski definition) is 6. The van der Waals surface area contributed by atoms with Gasteiger partial charge in [0.05, 0.1) is 0 Å². The first-order chi connectivity index (χ1) is 9.88. The number of primary sulfonamides is 1. The zero-order valence-corrected chi connectivity index (χ0v) is 12.5. The smallest absolute Gasteiger partial charge is 0.273 e. The summed E-state index contributed by atoms with van der Waals surface area (Å²) < 4.78 is 25.8. The largest absolute Gasteiger partial charge is 0.284 e. The number of rotatable bonds is 2. The molecule has 0 fully saturated rings. The van der Waals surface area contributed by atoms with Crippen LogP contribution >= 0.6 is 12.2 Å². The van der Waals surface area contributed by atoms with Gasteiger partial charge in [-0.25, -0.2) is 13.6 Å². The number of fused-ring (bicyclic) bond motifs is 1. The molecule has 0 saturated carbocycles. The number of para-hydroxylation sites is 1. The Labute approximate surface area is 124 Å². The minimum absolute atomic E-state index is 0.0914. The van der Waals surface area contributed by atoms with Gasteiger partial charge in [-0.1, -0.05) is 18.2 Å². The van der Waals surface area contributed by atoms with E-state index in [-0.39, 0.29) is 10.5 Å². The molecule has 0 aliphatic rings. The molecular formula is C11H10N6O2S2. The molecular weight excluding hydrogens is 312 g/mol. The van der Waals surface area contributed by atoms with Crippen molar-refractivity contribution in [1.82, 2.24) is 24.1 Å². The van der Waals surface area contributed by atoms with Gasteiger partial charge in [0.1, 0.15) is 5.82 Å². The predicted molar refractivity (Wildman–Crippen MR) is 77.1 cm³/mol. The number of aromatic nitrogens is 5. The number of aryl methyl sites for hydroxylation is 1. The summed E-state index contributed by atoms with van der Waals surface area (Å²) in [6.07, 6.45) is 0. The minimum atomic E-state index is -4.01. The van der Waals surface area contributed by atoms with Crippen molar-refractivity contribution in [3.05, 3.63) is 40.9 Å². The molecule has 0 aliphatic heterocycles. The average molecular weight is 322 g/mol. The molecule has 2 N–H and O–H groups in total. The number of benzene rings is 1. The van der Waals surface area contributed by atoms with Crippen molar-refractivity contribution in [2.24, 2.45) is 5.14 Å². The molecule has 0 spiro atoms. The number of nitrogens with two attached hydrogens (primary N) is 1. The minimum Gasteiger partial charge on any atom is -0.273 e. The topological polar surface area (TPSA) is 108 Å². The SMILES string of the molecule is Cc1nc2nc(S(N)(=O)=O)nn2c(=S)n1-c1ccccc1. The van der Waals surface area contributed by atoms with E-state index in [2.05, 4.69) is 15.1 Å². The molecule has 0 radical (unpaired) electrons. The van der Waals surface area contributed by atoms with Crippen LogP contribution in [0, 0.1) is 11.7 Å². The Morgan fingerprint density at radius 1 is 1.19 bits per heavy atom. The Bertz CT molecular complexity index is 991. The van der Waals surface area contributed by atoms with Crippen molar-refractivity contribution in [3.63, 3.8) is 0 Å². The maximum atomic E-state index is 11.3. The molecule has 3 rings (SSSR count). The summed E-state index contributed by atoms with van der Waals surface area (Å²) in [6.45, 7) is 1.74. The average Bonchev–Trinajstić information content (AvgIpc) is 2.84. The van der Waals surface area contributed by atoms with E-state index >= 15 is 0 Å². The summed E-state index contributed by atoms with van der Waals surface area (Å²) in [5.41, 5.74) is 0.794. The van der Waals surface area contributed by atoms with E-state index in [1.54, 1.807) is 11.5 Å². The van der Waals surface area contributed by atoms with E-state index < -0.39 is 15.2 Å². The van der Waals surface area contributed by atoms with Crippen LogP contribution in [-0.2, 0) is 10.0 Å². The summed E-state index contributed by atoms with van der Waals surface area (Å²) in [5.74, 6) is 0.653. The van der Waals surface area contributed by atoms with Crippen molar-refractivity contribution >= 4 is 28.0 Å². The first-order valence-electron chi connectivity index (χ1n) is 5.82. The fourth-order valence-electron chi connectivity index (χ4n) is 1.91. The summed E-state index contributed by atoms with van der Waals surface area (Å²) in [5, 5.41) is 8.33. The van der Waals surface area contributed by atoms with Crippen LogP contribution in [0.15, 0.2) is 35.5 Å². The van der Waals surface area contributed by atoms with E-state index in [0.717, 1.165) is 5.69 Å². The van der Waals surface area contributed by atoms with Gasteiger partial charge in [0.15, 0.2) is 0 Å². The molecule has 10 heteroatoms. The lowest BCUT2D eigenvalue weighted by Gasteiger charge is -2.10. The molecule has 0 amide bonds. The fourth-order valence-corrected chi connectivity index (χ4v) is 2.67. The van der Waals surface area contributed by atoms with Crippen LogP contribution in [0.2, 0.25) is 0 Å². The Morgan fingerprint density at radius 2 is 1.86 bits per heavy atom. The van der Waals surface area contributed by atoms with Crippen LogP contribution in [0.5, 0.6) is 0 Å². The Kier molecular flexibility index (Phi) is 3.08. The summed E-state index contributed by atoms with van der Waals surface area (Å²) in [7, 11) is -4.01. The van der Waals surface area contributed by atoms with Crippen molar-refractivity contribution in [2.75, 3.05) is 0 Å². The lowest BCUT2D eigenvalue weighted by molar-refractivity contribution is 0.588. The zero-order chi connectivity index (χ0) is 15.2.